The number of nitrogens with two attached hydrogens (primary N) is 1. The second-order valence-corrected chi connectivity index (χ2v) is 4.80. The van der Waals surface area contributed by atoms with Gasteiger partial charge in [0.1, 0.15) is 5.75 Å². The number of hydrogen-bond donors (Lipinski definition) is 1. The first-order valence-corrected chi connectivity index (χ1v) is 6.94. The summed E-state index contributed by atoms with van der Waals surface area (Å²) in [6, 6.07) is 12.7. The zero-order valence-electron chi connectivity index (χ0n) is 12.8. The molecule has 8 heteroatoms. The van der Waals surface area contributed by atoms with Crippen LogP contribution in [0, 0.1) is 17.0 Å². The third kappa shape index (κ3) is 4.54. The molecule has 0 atom stereocenters. The van der Waals surface area contributed by atoms with Gasteiger partial charge in [0, 0.05) is 17.7 Å². The van der Waals surface area contributed by atoms with Crippen LogP contribution in [0.25, 0.3) is 0 Å². The van der Waals surface area contributed by atoms with Crippen LogP contribution in [0.15, 0.2) is 53.7 Å². The van der Waals surface area contributed by atoms with E-state index in [0.717, 1.165) is 5.56 Å². The fraction of sp³-hybridized carbons (Fsp3) is 0.125. The van der Waals surface area contributed by atoms with Gasteiger partial charge in [-0.3, -0.25) is 10.1 Å². The Morgan fingerprint density at radius 1 is 1.25 bits per heavy atom. The van der Waals surface area contributed by atoms with Crippen molar-refractivity contribution in [3.05, 3.63) is 69.8 Å². The molecule has 0 aliphatic heterocycles. The van der Waals surface area contributed by atoms with E-state index >= 15 is 0 Å². The van der Waals surface area contributed by atoms with Crippen molar-refractivity contribution in [2.24, 2.45) is 10.9 Å². The third-order valence-corrected chi connectivity index (χ3v) is 3.04. The predicted octanol–water partition coefficient (Wildman–Crippen LogP) is 2.15. The van der Waals surface area contributed by atoms with Gasteiger partial charge in [-0.05, 0) is 18.6 Å². The maximum absolute atomic E-state index is 11.6. The van der Waals surface area contributed by atoms with Gasteiger partial charge < -0.3 is 15.3 Å². The zero-order valence-corrected chi connectivity index (χ0v) is 12.8. The van der Waals surface area contributed by atoms with Gasteiger partial charge >= 0.3 is 5.97 Å². The van der Waals surface area contributed by atoms with Crippen molar-refractivity contribution in [3.63, 3.8) is 0 Å². The van der Waals surface area contributed by atoms with Crippen LogP contribution >= 0.6 is 0 Å². The number of para-hydroxylation sites is 1. The average molecular weight is 329 g/mol. The number of non-ortho nitro benzene ring substituents is 1. The number of carbonyl (C=O) groups is 1. The molecule has 0 amide bonds. The molecule has 0 saturated carbocycles. The van der Waals surface area contributed by atoms with Gasteiger partial charge in [0.05, 0.1) is 4.92 Å². The van der Waals surface area contributed by atoms with Crippen LogP contribution in [0.2, 0.25) is 0 Å². The van der Waals surface area contributed by atoms with E-state index in [1.807, 2.05) is 19.1 Å². The van der Waals surface area contributed by atoms with Crippen molar-refractivity contribution < 1.29 is 19.3 Å². The van der Waals surface area contributed by atoms with Gasteiger partial charge in [-0.1, -0.05) is 35.5 Å². The molecule has 0 fully saturated rings. The van der Waals surface area contributed by atoms with Crippen molar-refractivity contribution in [3.8, 4) is 5.75 Å². The smallest absolute Gasteiger partial charge is 0.372 e. The molecule has 2 rings (SSSR count). The van der Waals surface area contributed by atoms with Gasteiger partial charge in [-0.15, -0.1) is 0 Å². The van der Waals surface area contributed by atoms with Crippen molar-refractivity contribution in [2.45, 2.75) is 6.92 Å². The molecule has 2 N–H and O–H groups in total. The minimum atomic E-state index is -0.744. The Labute approximate surface area is 137 Å². The van der Waals surface area contributed by atoms with E-state index in [1.54, 1.807) is 12.1 Å². The molecule has 0 radical (unpaired) electrons. The quantitative estimate of drug-likeness (QED) is 0.285. The third-order valence-electron chi connectivity index (χ3n) is 3.04. The molecule has 0 heterocycles. The number of aryl methyl sites for hydroxylation is 1. The predicted molar refractivity (Wildman–Crippen MR) is 86.6 cm³/mol. The fourth-order valence-electron chi connectivity index (χ4n) is 1.81. The zero-order chi connectivity index (χ0) is 17.5. The molecule has 0 unspecified atom stereocenters. The van der Waals surface area contributed by atoms with E-state index in [2.05, 4.69) is 9.99 Å². The molecule has 2 aromatic rings. The topological polar surface area (TPSA) is 117 Å². The SMILES string of the molecule is Cc1ccccc1OCC(=O)O/N=C(\N)c1cccc([N+](=O)[O-])c1. The Morgan fingerprint density at radius 2 is 2.00 bits per heavy atom. The van der Waals surface area contributed by atoms with Crippen molar-refractivity contribution >= 4 is 17.5 Å². The number of oxime groups is 1. The highest BCUT2D eigenvalue weighted by Crippen LogP contribution is 2.16. The van der Waals surface area contributed by atoms with Crippen molar-refractivity contribution in [1.82, 2.24) is 0 Å². The van der Waals surface area contributed by atoms with Crippen LogP contribution in [-0.2, 0) is 9.63 Å². The Bertz CT molecular complexity index is 789. The number of nitro groups is 1. The highest BCUT2D eigenvalue weighted by molar-refractivity contribution is 5.97. The van der Waals surface area contributed by atoms with Gasteiger partial charge in [-0.2, -0.15) is 0 Å². The molecule has 0 aromatic heterocycles. The first kappa shape index (κ1) is 16.9. The standard InChI is InChI=1S/C16H15N3O5/c1-11-5-2-3-8-14(11)23-10-15(20)24-18-16(17)12-6-4-7-13(9-12)19(21)22/h2-9H,10H2,1H3,(H2,17,18). The summed E-state index contributed by atoms with van der Waals surface area (Å²) in [6.45, 7) is 1.51. The normalized spacial score (nSPS) is 11.0. The summed E-state index contributed by atoms with van der Waals surface area (Å²) in [5, 5.41) is 14.2. The van der Waals surface area contributed by atoms with Crippen LogP contribution < -0.4 is 10.5 Å². The molecular weight excluding hydrogens is 314 g/mol. The molecule has 0 aliphatic rings. The lowest BCUT2D eigenvalue weighted by molar-refractivity contribution is -0.384. The van der Waals surface area contributed by atoms with Crippen LogP contribution in [0.5, 0.6) is 5.75 Å². The molecule has 8 nitrogen and oxygen atoms in total. The van der Waals surface area contributed by atoms with E-state index in [1.165, 1.54) is 24.3 Å². The van der Waals surface area contributed by atoms with Crippen molar-refractivity contribution in [2.75, 3.05) is 6.61 Å². The highest BCUT2D eigenvalue weighted by atomic mass is 16.7. The highest BCUT2D eigenvalue weighted by Gasteiger charge is 2.10. The van der Waals surface area contributed by atoms with E-state index in [4.69, 9.17) is 10.5 Å². The average Bonchev–Trinajstić information content (AvgIpc) is 2.59. The lowest BCUT2D eigenvalue weighted by Crippen LogP contribution is -2.18. The number of amidine groups is 1. The summed E-state index contributed by atoms with van der Waals surface area (Å²) in [5.41, 5.74) is 6.67. The van der Waals surface area contributed by atoms with Crippen LogP contribution in [0.3, 0.4) is 0 Å². The summed E-state index contributed by atoms with van der Waals surface area (Å²) < 4.78 is 5.31. The number of rotatable bonds is 6. The summed E-state index contributed by atoms with van der Waals surface area (Å²) >= 11 is 0. The van der Waals surface area contributed by atoms with Crippen molar-refractivity contribution in [1.29, 1.82) is 0 Å². The summed E-state index contributed by atoms with van der Waals surface area (Å²) in [4.78, 5) is 26.4. The van der Waals surface area contributed by atoms with Gasteiger partial charge in [0.15, 0.2) is 12.4 Å². The van der Waals surface area contributed by atoms with Gasteiger partial charge in [-0.25, -0.2) is 4.79 Å². The van der Waals surface area contributed by atoms with E-state index in [0.29, 0.717) is 5.75 Å². The molecule has 2 aromatic carbocycles. The number of nitrogens with zero attached hydrogens (tertiary/aromatic N) is 2. The first-order chi connectivity index (χ1) is 11.5. The molecule has 0 saturated heterocycles. The minimum Gasteiger partial charge on any atom is -0.482 e. The Kier molecular flexibility index (Phi) is 5.45. The maximum Gasteiger partial charge on any atom is 0.372 e. The summed E-state index contributed by atoms with van der Waals surface area (Å²) in [5.74, 6) is -0.334. The number of carbonyl (C=O) groups excluding carboxylic acids is 1. The minimum absolute atomic E-state index is 0.139. The first-order valence-electron chi connectivity index (χ1n) is 6.94. The number of benzene rings is 2. The van der Waals surface area contributed by atoms with Crippen LogP contribution in [-0.4, -0.2) is 23.3 Å². The summed E-state index contributed by atoms with van der Waals surface area (Å²) in [6.07, 6.45) is 0. The number of hydrogen-bond acceptors (Lipinski definition) is 6. The molecular formula is C16H15N3O5. The molecule has 0 bridgehead atoms. The summed E-state index contributed by atoms with van der Waals surface area (Å²) in [7, 11) is 0. The number of ether oxygens (including phenoxy) is 1. The lowest BCUT2D eigenvalue weighted by Gasteiger charge is -2.07. The van der Waals surface area contributed by atoms with E-state index in [-0.39, 0.29) is 23.7 Å². The molecule has 0 aliphatic carbocycles. The second-order valence-electron chi connectivity index (χ2n) is 4.80. The molecule has 24 heavy (non-hydrogen) atoms. The van der Waals surface area contributed by atoms with E-state index < -0.39 is 10.9 Å². The van der Waals surface area contributed by atoms with Crippen LogP contribution in [0.1, 0.15) is 11.1 Å². The lowest BCUT2D eigenvalue weighted by atomic mass is 10.2. The van der Waals surface area contributed by atoms with Gasteiger partial charge in [0.2, 0.25) is 0 Å². The Hall–Kier alpha value is -3.42. The Morgan fingerprint density at radius 3 is 2.71 bits per heavy atom. The monoisotopic (exact) mass is 329 g/mol. The maximum atomic E-state index is 11.6. The fourth-order valence-corrected chi connectivity index (χ4v) is 1.81. The second kappa shape index (κ2) is 7.73. The number of nitro benzene ring substituents is 1. The van der Waals surface area contributed by atoms with Gasteiger partial charge in [0.25, 0.3) is 5.69 Å². The Balaban J connectivity index is 1.94. The molecule has 124 valence electrons. The molecule has 0 spiro atoms. The van der Waals surface area contributed by atoms with E-state index in [9.17, 15) is 14.9 Å². The largest absolute Gasteiger partial charge is 0.482 e. The van der Waals surface area contributed by atoms with Crippen LogP contribution in [0.4, 0.5) is 5.69 Å².